The molecule has 2 heterocycles. The van der Waals surface area contributed by atoms with E-state index in [1.165, 1.54) is 17.9 Å². The lowest BCUT2D eigenvalue weighted by Gasteiger charge is -2.38. The fourth-order valence-corrected chi connectivity index (χ4v) is 5.54. The molecule has 11 heteroatoms. The summed E-state index contributed by atoms with van der Waals surface area (Å²) in [6, 6.07) is 6.71. The Morgan fingerprint density at radius 1 is 0.821 bits per heavy atom. The number of carbonyl (C=O) groups excluding carboxylic acids is 1. The molecule has 0 saturated carbocycles. The maximum Gasteiger partial charge on any atom is 0.416 e. The van der Waals surface area contributed by atoms with E-state index in [0.29, 0.717) is 18.4 Å². The predicted molar refractivity (Wildman–Crippen MR) is 124 cm³/mol. The molecule has 0 aromatic heterocycles. The van der Waals surface area contributed by atoms with Crippen molar-refractivity contribution in [3.63, 3.8) is 0 Å². The number of nitrogens with zero attached hydrogens (tertiary/aromatic N) is 1. The average Bonchev–Trinajstić information content (AvgIpc) is 3.20. The third kappa shape index (κ3) is 5.06. The molecule has 3 aromatic rings. The van der Waals surface area contributed by atoms with Crippen LogP contribution in [0.3, 0.4) is 0 Å². The third-order valence-electron chi connectivity index (χ3n) is 7.17. The van der Waals surface area contributed by atoms with Crippen molar-refractivity contribution in [2.45, 2.75) is 56.7 Å². The quantitative estimate of drug-likeness (QED) is 0.303. The second-order valence-electron chi connectivity index (χ2n) is 9.78. The summed E-state index contributed by atoms with van der Waals surface area (Å²) in [5, 5.41) is 0. The molecule has 39 heavy (non-hydrogen) atoms. The molecule has 3 nitrogen and oxygen atoms in total. The molecule has 3 aromatic carbocycles. The number of cyclic esters (lactones) is 1. The monoisotopic (exact) mass is 555 g/mol. The van der Waals surface area contributed by atoms with E-state index in [1.807, 2.05) is 0 Å². The Morgan fingerprint density at radius 3 is 2.23 bits per heavy atom. The Morgan fingerprint density at radius 2 is 1.54 bits per heavy atom. The van der Waals surface area contributed by atoms with Gasteiger partial charge in [-0.3, -0.25) is 4.90 Å². The van der Waals surface area contributed by atoms with Gasteiger partial charge >= 0.3 is 18.4 Å². The Kier molecular flexibility index (Phi) is 6.59. The smallest absolute Gasteiger partial charge is 0.416 e. The van der Waals surface area contributed by atoms with Crippen LogP contribution >= 0.6 is 0 Å². The molecule has 2 fully saturated rings. The number of benzene rings is 3. The Hall–Kier alpha value is -3.63. The molecule has 206 valence electrons. The van der Waals surface area contributed by atoms with Crippen LogP contribution in [0.25, 0.3) is 11.1 Å². The number of ether oxygens (including phenoxy) is 1. The lowest BCUT2D eigenvalue weighted by atomic mass is 9.84. The molecule has 0 spiro atoms. The van der Waals surface area contributed by atoms with Gasteiger partial charge in [-0.15, -0.1) is 0 Å². The summed E-state index contributed by atoms with van der Waals surface area (Å²) in [6.07, 6.45) is -10.5. The summed E-state index contributed by atoms with van der Waals surface area (Å²) in [7, 11) is 0. The molecule has 0 aliphatic carbocycles. The first kappa shape index (κ1) is 27.0. The Bertz CT molecular complexity index is 1430. The number of hydrogen-bond donors (Lipinski definition) is 0. The summed E-state index contributed by atoms with van der Waals surface area (Å²) in [4.78, 5) is 14.3. The fourth-order valence-electron chi connectivity index (χ4n) is 5.54. The summed E-state index contributed by atoms with van der Waals surface area (Å²) in [5.74, 6) is -1.68. The zero-order valence-corrected chi connectivity index (χ0v) is 20.3. The standard InChI is InChI=1S/C28H21F8NO2/c1-14-9-15(11-17(10-14)28(34,35)36)25-24-4-2-3-23(37(24)26(38)39-25)21-12-16(27(31,32)33)5-7-19(21)20-13-18(29)6-8-22(20)30/h5-13,23-25H,2-4H2,1H3/t23-,24-,25+/m0/s1. The van der Waals surface area contributed by atoms with E-state index < -0.39 is 59.4 Å². The van der Waals surface area contributed by atoms with Crippen LogP contribution in [0.1, 0.15) is 59.2 Å². The first-order valence-electron chi connectivity index (χ1n) is 12.1. The number of amides is 1. The van der Waals surface area contributed by atoms with Crippen LogP contribution in [0, 0.1) is 18.6 Å². The number of fused-ring (bicyclic) bond motifs is 1. The van der Waals surface area contributed by atoms with Crippen LogP contribution in [-0.4, -0.2) is 17.0 Å². The summed E-state index contributed by atoms with van der Waals surface area (Å²) in [6.45, 7) is 1.47. The number of halogens is 8. The number of carbonyl (C=O) groups is 1. The van der Waals surface area contributed by atoms with Crippen LogP contribution in [0.4, 0.5) is 39.9 Å². The number of rotatable bonds is 3. The first-order valence-corrected chi connectivity index (χ1v) is 12.1. The molecule has 0 bridgehead atoms. The van der Waals surface area contributed by atoms with Gasteiger partial charge < -0.3 is 4.74 Å². The molecular formula is C28H21F8NO2. The van der Waals surface area contributed by atoms with Gasteiger partial charge in [0.05, 0.1) is 23.2 Å². The minimum Gasteiger partial charge on any atom is -0.439 e. The van der Waals surface area contributed by atoms with Crippen molar-refractivity contribution in [1.82, 2.24) is 4.90 Å². The molecule has 2 saturated heterocycles. The molecule has 5 rings (SSSR count). The maximum absolute atomic E-state index is 14.8. The zero-order valence-electron chi connectivity index (χ0n) is 20.3. The largest absolute Gasteiger partial charge is 0.439 e. The highest BCUT2D eigenvalue weighted by atomic mass is 19.4. The number of alkyl halides is 6. The third-order valence-corrected chi connectivity index (χ3v) is 7.17. The molecule has 0 unspecified atom stereocenters. The zero-order chi connectivity index (χ0) is 28.3. The van der Waals surface area contributed by atoms with Crippen molar-refractivity contribution in [3.05, 3.63) is 94.0 Å². The SMILES string of the molecule is Cc1cc([C@H]2OC(=O)N3[C@H](c4cc(C(F)(F)F)ccc4-c4cc(F)ccc4F)CCC[C@@H]23)cc(C(F)(F)F)c1. The second kappa shape index (κ2) is 9.53. The van der Waals surface area contributed by atoms with E-state index >= 15 is 0 Å². The van der Waals surface area contributed by atoms with Crippen LogP contribution in [0.2, 0.25) is 0 Å². The number of aryl methyl sites for hydroxylation is 1. The Labute approximate surface area is 218 Å². The molecule has 2 aliphatic heterocycles. The molecule has 0 radical (unpaired) electrons. The highest BCUT2D eigenvalue weighted by molar-refractivity contribution is 5.75. The predicted octanol–water partition coefficient (Wildman–Crippen LogP) is 8.76. The van der Waals surface area contributed by atoms with E-state index in [2.05, 4.69) is 0 Å². The van der Waals surface area contributed by atoms with Gasteiger partial charge in [0.15, 0.2) is 0 Å². The van der Waals surface area contributed by atoms with E-state index in [4.69, 9.17) is 4.74 Å². The molecule has 3 atom stereocenters. The maximum atomic E-state index is 14.8. The summed E-state index contributed by atoms with van der Waals surface area (Å²) >= 11 is 0. The van der Waals surface area contributed by atoms with Crippen molar-refractivity contribution in [2.24, 2.45) is 0 Å². The van der Waals surface area contributed by atoms with Crippen molar-refractivity contribution in [1.29, 1.82) is 0 Å². The van der Waals surface area contributed by atoms with E-state index in [1.54, 1.807) is 0 Å². The van der Waals surface area contributed by atoms with Gasteiger partial charge in [-0.05, 0) is 85.3 Å². The van der Waals surface area contributed by atoms with Crippen LogP contribution in [0.15, 0.2) is 54.6 Å². The van der Waals surface area contributed by atoms with Crippen molar-refractivity contribution < 1.29 is 44.7 Å². The van der Waals surface area contributed by atoms with Crippen molar-refractivity contribution in [3.8, 4) is 11.1 Å². The Balaban J connectivity index is 1.61. The van der Waals surface area contributed by atoms with Gasteiger partial charge in [0.1, 0.15) is 17.7 Å². The van der Waals surface area contributed by atoms with Crippen LogP contribution < -0.4 is 0 Å². The summed E-state index contributed by atoms with van der Waals surface area (Å²) < 4.78 is 116. The molecular weight excluding hydrogens is 534 g/mol. The first-order chi connectivity index (χ1) is 18.2. The van der Waals surface area contributed by atoms with Gasteiger partial charge in [0.25, 0.3) is 0 Å². The van der Waals surface area contributed by atoms with Crippen LogP contribution in [0.5, 0.6) is 0 Å². The van der Waals surface area contributed by atoms with Crippen molar-refractivity contribution in [2.75, 3.05) is 0 Å². The fraction of sp³-hybridized carbons (Fsp3) is 0.321. The van der Waals surface area contributed by atoms with Gasteiger partial charge in [0.2, 0.25) is 0 Å². The van der Waals surface area contributed by atoms with Crippen LogP contribution in [-0.2, 0) is 17.1 Å². The lowest BCUT2D eigenvalue weighted by molar-refractivity contribution is -0.138. The highest BCUT2D eigenvalue weighted by Crippen LogP contribution is 2.49. The molecule has 1 amide bonds. The highest BCUT2D eigenvalue weighted by Gasteiger charge is 2.49. The van der Waals surface area contributed by atoms with E-state index in [-0.39, 0.29) is 28.7 Å². The number of piperidine rings is 1. The average molecular weight is 555 g/mol. The minimum absolute atomic E-state index is 0.0307. The van der Waals surface area contributed by atoms with Crippen molar-refractivity contribution >= 4 is 6.09 Å². The van der Waals surface area contributed by atoms with Gasteiger partial charge in [0, 0.05) is 5.56 Å². The molecule has 0 N–H and O–H groups in total. The topological polar surface area (TPSA) is 29.5 Å². The van der Waals surface area contributed by atoms with E-state index in [0.717, 1.165) is 48.5 Å². The van der Waals surface area contributed by atoms with E-state index in [9.17, 15) is 39.9 Å². The van der Waals surface area contributed by atoms with Gasteiger partial charge in [-0.1, -0.05) is 17.7 Å². The van der Waals surface area contributed by atoms with Gasteiger partial charge in [-0.2, -0.15) is 26.3 Å². The normalized spacial score (nSPS) is 21.6. The minimum atomic E-state index is -4.76. The lowest BCUT2D eigenvalue weighted by Crippen LogP contribution is -2.41. The van der Waals surface area contributed by atoms with Gasteiger partial charge in [-0.25, -0.2) is 13.6 Å². The second-order valence-corrected chi connectivity index (χ2v) is 9.78. The summed E-state index contributed by atoms with van der Waals surface area (Å²) in [5.41, 5.74) is -1.92. The molecule has 2 aliphatic rings. The number of hydrogen-bond acceptors (Lipinski definition) is 2.